The van der Waals surface area contributed by atoms with E-state index in [9.17, 15) is 5.11 Å². The molecule has 1 aliphatic heterocycles. The van der Waals surface area contributed by atoms with E-state index < -0.39 is 0 Å². The maximum atomic E-state index is 9.95. The highest BCUT2D eigenvalue weighted by molar-refractivity contribution is 5.16. The van der Waals surface area contributed by atoms with Gasteiger partial charge in [-0.2, -0.15) is 0 Å². The number of hydrogen-bond donors (Lipinski definition) is 2. The Kier molecular flexibility index (Phi) is 3.75. The molecule has 1 heterocycles. The van der Waals surface area contributed by atoms with E-state index in [1.165, 1.54) is 12.0 Å². The van der Waals surface area contributed by atoms with Crippen LogP contribution in [0.4, 0.5) is 0 Å². The molecule has 1 aromatic carbocycles. The summed E-state index contributed by atoms with van der Waals surface area (Å²) in [6.45, 7) is 1.04. The lowest BCUT2D eigenvalue weighted by Crippen LogP contribution is -2.40. The van der Waals surface area contributed by atoms with Gasteiger partial charge in [0.15, 0.2) is 0 Å². The normalized spacial score (nSPS) is 27.3. The van der Waals surface area contributed by atoms with Gasteiger partial charge in [-0.25, -0.2) is 0 Å². The Labute approximate surface area is 91.3 Å². The fraction of sp³-hybridized carbons (Fsp3) is 0.538. The van der Waals surface area contributed by atoms with Crippen molar-refractivity contribution in [3.63, 3.8) is 0 Å². The predicted octanol–water partition coefficient (Wildman–Crippen LogP) is 1.73. The molecule has 1 aliphatic rings. The molecule has 0 saturated carbocycles. The van der Waals surface area contributed by atoms with Crippen molar-refractivity contribution in [2.24, 2.45) is 0 Å². The second-order valence-corrected chi connectivity index (χ2v) is 4.31. The van der Waals surface area contributed by atoms with Gasteiger partial charge in [-0.3, -0.25) is 0 Å². The summed E-state index contributed by atoms with van der Waals surface area (Å²) in [5, 5.41) is 13.4. The monoisotopic (exact) mass is 205 g/mol. The minimum atomic E-state index is -0.187. The van der Waals surface area contributed by atoms with Crippen LogP contribution in [-0.2, 0) is 6.42 Å². The Bertz CT molecular complexity index is 286. The minimum Gasteiger partial charge on any atom is -0.391 e. The van der Waals surface area contributed by atoms with Gasteiger partial charge >= 0.3 is 0 Å². The van der Waals surface area contributed by atoms with Gasteiger partial charge < -0.3 is 10.4 Å². The van der Waals surface area contributed by atoms with Gasteiger partial charge in [0, 0.05) is 6.04 Å². The van der Waals surface area contributed by atoms with Crippen molar-refractivity contribution >= 4 is 0 Å². The average Bonchev–Trinajstić information content (AvgIpc) is 2.46. The molecule has 0 unspecified atom stereocenters. The van der Waals surface area contributed by atoms with Crippen LogP contribution in [0, 0.1) is 0 Å². The van der Waals surface area contributed by atoms with Crippen molar-refractivity contribution in [2.75, 3.05) is 6.54 Å². The zero-order valence-electron chi connectivity index (χ0n) is 9.02. The lowest BCUT2D eigenvalue weighted by molar-refractivity contribution is 0.126. The molecule has 82 valence electrons. The van der Waals surface area contributed by atoms with E-state index in [4.69, 9.17) is 0 Å². The summed E-state index contributed by atoms with van der Waals surface area (Å²) in [6.07, 6.45) is 4.00. The first kappa shape index (κ1) is 10.7. The zero-order valence-corrected chi connectivity index (χ0v) is 9.02. The summed E-state index contributed by atoms with van der Waals surface area (Å²) >= 11 is 0. The number of nitrogens with one attached hydrogen (secondary N) is 1. The van der Waals surface area contributed by atoms with E-state index in [1.807, 2.05) is 6.07 Å². The van der Waals surface area contributed by atoms with Gasteiger partial charge in [0.25, 0.3) is 0 Å². The highest BCUT2D eigenvalue weighted by Gasteiger charge is 2.20. The molecular weight excluding hydrogens is 186 g/mol. The molecule has 2 nitrogen and oxygen atoms in total. The van der Waals surface area contributed by atoms with Crippen LogP contribution in [0.2, 0.25) is 0 Å². The number of aliphatic hydroxyl groups is 1. The van der Waals surface area contributed by atoms with Gasteiger partial charge in [-0.05, 0) is 37.8 Å². The number of benzene rings is 1. The summed E-state index contributed by atoms with van der Waals surface area (Å²) in [5.41, 5.74) is 1.30. The van der Waals surface area contributed by atoms with E-state index in [0.29, 0.717) is 0 Å². The molecule has 0 aromatic heterocycles. The van der Waals surface area contributed by atoms with Crippen LogP contribution in [0.1, 0.15) is 24.8 Å². The van der Waals surface area contributed by atoms with E-state index in [-0.39, 0.29) is 12.1 Å². The quantitative estimate of drug-likeness (QED) is 0.770. The van der Waals surface area contributed by atoms with Crippen LogP contribution in [0.15, 0.2) is 30.3 Å². The third kappa shape index (κ3) is 3.05. The summed E-state index contributed by atoms with van der Waals surface area (Å²) < 4.78 is 0. The summed E-state index contributed by atoms with van der Waals surface area (Å²) in [4.78, 5) is 0. The summed E-state index contributed by atoms with van der Waals surface area (Å²) in [7, 11) is 0. The molecule has 0 radical (unpaired) electrons. The van der Waals surface area contributed by atoms with Gasteiger partial charge in [0.1, 0.15) is 0 Å². The molecule has 0 spiro atoms. The predicted molar refractivity (Wildman–Crippen MR) is 61.8 cm³/mol. The molecule has 2 atom stereocenters. The van der Waals surface area contributed by atoms with Crippen molar-refractivity contribution in [3.05, 3.63) is 35.9 Å². The molecule has 15 heavy (non-hydrogen) atoms. The van der Waals surface area contributed by atoms with E-state index in [0.717, 1.165) is 25.8 Å². The van der Waals surface area contributed by atoms with E-state index >= 15 is 0 Å². The molecule has 1 aromatic rings. The highest BCUT2D eigenvalue weighted by Crippen LogP contribution is 2.13. The third-order valence-electron chi connectivity index (χ3n) is 3.10. The maximum absolute atomic E-state index is 9.95. The molecule has 1 saturated heterocycles. The zero-order chi connectivity index (χ0) is 10.5. The Balaban J connectivity index is 1.97. The number of hydrogen-bond acceptors (Lipinski definition) is 2. The molecule has 2 N–H and O–H groups in total. The minimum absolute atomic E-state index is 0.187. The van der Waals surface area contributed by atoms with Gasteiger partial charge in [0.2, 0.25) is 0 Å². The van der Waals surface area contributed by atoms with Gasteiger partial charge in [0.05, 0.1) is 6.10 Å². The molecular formula is C13H19NO. The molecule has 2 heteroatoms. The first-order valence-corrected chi connectivity index (χ1v) is 5.81. The summed E-state index contributed by atoms with van der Waals surface area (Å²) in [6, 6.07) is 10.6. The standard InChI is InChI=1S/C13H19NO/c15-13-8-4-5-9-14-12(13)10-11-6-2-1-3-7-11/h1-3,6-7,12-15H,4-5,8-10H2/t12-,13+/m0/s1. The van der Waals surface area contributed by atoms with Crippen molar-refractivity contribution in [1.29, 1.82) is 0 Å². The largest absolute Gasteiger partial charge is 0.391 e. The Morgan fingerprint density at radius 2 is 2.00 bits per heavy atom. The second kappa shape index (κ2) is 5.29. The number of rotatable bonds is 2. The van der Waals surface area contributed by atoms with Crippen LogP contribution >= 0.6 is 0 Å². The maximum Gasteiger partial charge on any atom is 0.0696 e. The first-order chi connectivity index (χ1) is 7.36. The van der Waals surface area contributed by atoms with Crippen molar-refractivity contribution in [2.45, 2.75) is 37.8 Å². The topological polar surface area (TPSA) is 32.3 Å². The van der Waals surface area contributed by atoms with E-state index in [1.54, 1.807) is 0 Å². The number of aliphatic hydroxyl groups excluding tert-OH is 1. The van der Waals surface area contributed by atoms with Crippen LogP contribution in [-0.4, -0.2) is 23.8 Å². The van der Waals surface area contributed by atoms with Crippen molar-refractivity contribution < 1.29 is 5.11 Å². The summed E-state index contributed by atoms with van der Waals surface area (Å²) in [5.74, 6) is 0. The van der Waals surface area contributed by atoms with Crippen LogP contribution in [0.3, 0.4) is 0 Å². The van der Waals surface area contributed by atoms with Crippen molar-refractivity contribution in [3.8, 4) is 0 Å². The van der Waals surface area contributed by atoms with Crippen molar-refractivity contribution in [1.82, 2.24) is 5.32 Å². The SMILES string of the molecule is O[C@@H]1CCCCN[C@H]1Cc1ccccc1. The molecule has 0 amide bonds. The lowest BCUT2D eigenvalue weighted by Gasteiger charge is -2.21. The average molecular weight is 205 g/mol. The van der Waals surface area contributed by atoms with Crippen LogP contribution in [0.5, 0.6) is 0 Å². The first-order valence-electron chi connectivity index (χ1n) is 5.81. The highest BCUT2D eigenvalue weighted by atomic mass is 16.3. The lowest BCUT2D eigenvalue weighted by atomic mass is 9.99. The smallest absolute Gasteiger partial charge is 0.0696 e. The Morgan fingerprint density at radius 3 is 2.80 bits per heavy atom. The van der Waals surface area contributed by atoms with Gasteiger partial charge in [-0.1, -0.05) is 30.3 Å². The second-order valence-electron chi connectivity index (χ2n) is 4.31. The molecule has 1 fully saturated rings. The fourth-order valence-electron chi connectivity index (χ4n) is 2.18. The third-order valence-corrected chi connectivity index (χ3v) is 3.10. The molecule has 2 rings (SSSR count). The Hall–Kier alpha value is -0.860. The fourth-order valence-corrected chi connectivity index (χ4v) is 2.18. The molecule has 0 bridgehead atoms. The van der Waals surface area contributed by atoms with Crippen LogP contribution < -0.4 is 5.32 Å². The van der Waals surface area contributed by atoms with Crippen LogP contribution in [0.25, 0.3) is 0 Å². The Morgan fingerprint density at radius 1 is 1.20 bits per heavy atom. The van der Waals surface area contributed by atoms with Gasteiger partial charge in [-0.15, -0.1) is 0 Å². The molecule has 0 aliphatic carbocycles. The van der Waals surface area contributed by atoms with E-state index in [2.05, 4.69) is 29.6 Å².